The number of carbonyl (C=O) groups excluding carboxylic acids is 3. The van der Waals surface area contributed by atoms with Gasteiger partial charge in [-0.3, -0.25) is 19.3 Å². The van der Waals surface area contributed by atoms with Gasteiger partial charge in [-0.05, 0) is 50.5 Å². The molecule has 1 saturated heterocycles. The van der Waals surface area contributed by atoms with Crippen molar-refractivity contribution in [1.82, 2.24) is 9.88 Å². The summed E-state index contributed by atoms with van der Waals surface area (Å²) in [5.41, 5.74) is 1.43. The monoisotopic (exact) mass is 392 g/mol. The van der Waals surface area contributed by atoms with Crippen molar-refractivity contribution in [3.63, 3.8) is 0 Å². The summed E-state index contributed by atoms with van der Waals surface area (Å²) in [5.74, 6) is 0.358. The molecular formula is C22H24N4O3. The number of benzene rings is 1. The Balaban J connectivity index is 1.47. The fourth-order valence-corrected chi connectivity index (χ4v) is 4.25. The van der Waals surface area contributed by atoms with Crippen LogP contribution in [-0.4, -0.2) is 39.8 Å². The maximum atomic E-state index is 13.2. The number of hydrogen-bond acceptors (Lipinski definition) is 4. The molecule has 29 heavy (non-hydrogen) atoms. The first kappa shape index (κ1) is 19.1. The molecule has 1 aromatic heterocycles. The number of para-hydroxylation sites is 1. The van der Waals surface area contributed by atoms with Crippen LogP contribution < -0.4 is 10.2 Å². The molecule has 0 bridgehead atoms. The van der Waals surface area contributed by atoms with Crippen molar-refractivity contribution in [1.29, 1.82) is 0 Å². The molecule has 3 heterocycles. The van der Waals surface area contributed by atoms with Crippen molar-refractivity contribution in [3.05, 3.63) is 53.7 Å². The van der Waals surface area contributed by atoms with Gasteiger partial charge in [-0.1, -0.05) is 18.2 Å². The van der Waals surface area contributed by atoms with E-state index in [0.29, 0.717) is 42.9 Å². The Kier molecular flexibility index (Phi) is 4.82. The summed E-state index contributed by atoms with van der Waals surface area (Å²) in [6, 6.07) is 10.9. The molecule has 1 N–H and O–H groups in total. The number of aryl methyl sites for hydroxylation is 1. The highest BCUT2D eigenvalue weighted by Crippen LogP contribution is 2.44. The first-order chi connectivity index (χ1) is 13.9. The maximum Gasteiger partial charge on any atom is 0.257 e. The molecule has 2 aliphatic heterocycles. The lowest BCUT2D eigenvalue weighted by atomic mass is 9.98. The summed E-state index contributed by atoms with van der Waals surface area (Å²) in [7, 11) is 0. The first-order valence-corrected chi connectivity index (χ1v) is 9.87. The van der Waals surface area contributed by atoms with Gasteiger partial charge in [0.05, 0.1) is 11.3 Å². The molecule has 1 atom stereocenters. The lowest BCUT2D eigenvalue weighted by Gasteiger charge is -2.48. The van der Waals surface area contributed by atoms with Crippen LogP contribution in [0.4, 0.5) is 11.5 Å². The molecule has 2 aromatic rings. The second-order valence-electron chi connectivity index (χ2n) is 7.74. The minimum atomic E-state index is -0.684. The third kappa shape index (κ3) is 3.26. The average Bonchev–Trinajstić information content (AvgIpc) is 3.02. The number of amides is 3. The molecule has 4 rings (SSSR count). The molecule has 0 radical (unpaired) electrons. The number of fused-ring (bicyclic) bond motifs is 3. The van der Waals surface area contributed by atoms with Crippen LogP contribution in [0.5, 0.6) is 0 Å². The highest BCUT2D eigenvalue weighted by atomic mass is 16.2. The smallest absolute Gasteiger partial charge is 0.257 e. The van der Waals surface area contributed by atoms with E-state index in [0.717, 1.165) is 5.56 Å². The van der Waals surface area contributed by atoms with Crippen LogP contribution in [0.2, 0.25) is 0 Å². The number of aromatic nitrogens is 1. The van der Waals surface area contributed by atoms with Gasteiger partial charge in [0.1, 0.15) is 11.5 Å². The highest BCUT2D eigenvalue weighted by Gasteiger charge is 2.52. The summed E-state index contributed by atoms with van der Waals surface area (Å²) in [6.07, 6.45) is 3.41. The number of pyridine rings is 1. The van der Waals surface area contributed by atoms with Gasteiger partial charge in [-0.2, -0.15) is 0 Å². The van der Waals surface area contributed by atoms with E-state index in [4.69, 9.17) is 0 Å². The molecule has 2 aliphatic rings. The number of anilines is 2. The lowest BCUT2D eigenvalue weighted by molar-refractivity contribution is -0.118. The van der Waals surface area contributed by atoms with E-state index in [1.165, 1.54) is 0 Å². The van der Waals surface area contributed by atoms with E-state index in [1.807, 2.05) is 38.1 Å². The van der Waals surface area contributed by atoms with Gasteiger partial charge in [-0.25, -0.2) is 4.98 Å². The van der Waals surface area contributed by atoms with Crippen molar-refractivity contribution in [2.24, 2.45) is 0 Å². The van der Waals surface area contributed by atoms with Gasteiger partial charge in [0.2, 0.25) is 11.8 Å². The summed E-state index contributed by atoms with van der Waals surface area (Å²) < 4.78 is 0. The Hall–Kier alpha value is -3.22. The molecule has 0 spiro atoms. The summed E-state index contributed by atoms with van der Waals surface area (Å²) in [6.45, 7) is 4.23. The zero-order chi connectivity index (χ0) is 20.6. The van der Waals surface area contributed by atoms with Crippen molar-refractivity contribution in [2.45, 2.75) is 45.2 Å². The Morgan fingerprint density at radius 1 is 1.21 bits per heavy atom. The molecule has 1 aromatic carbocycles. The predicted octanol–water partition coefficient (Wildman–Crippen LogP) is 3.11. The van der Waals surface area contributed by atoms with Crippen LogP contribution in [0.1, 0.15) is 48.5 Å². The number of nitrogens with zero attached hydrogens (tertiary/aromatic N) is 3. The third-order valence-electron chi connectivity index (χ3n) is 5.80. The van der Waals surface area contributed by atoms with Gasteiger partial charge in [-0.15, -0.1) is 0 Å². The minimum Gasteiger partial charge on any atom is -0.315 e. The van der Waals surface area contributed by atoms with Gasteiger partial charge >= 0.3 is 0 Å². The predicted molar refractivity (Wildman–Crippen MR) is 109 cm³/mol. The molecule has 7 nitrogen and oxygen atoms in total. The van der Waals surface area contributed by atoms with Crippen LogP contribution in [0, 0.1) is 6.92 Å². The topological polar surface area (TPSA) is 82.6 Å². The third-order valence-corrected chi connectivity index (χ3v) is 5.80. The number of nitrogens with one attached hydrogen (secondary N) is 1. The average molecular weight is 392 g/mol. The van der Waals surface area contributed by atoms with E-state index in [2.05, 4.69) is 10.3 Å². The minimum absolute atomic E-state index is 0.0285. The second-order valence-corrected chi connectivity index (χ2v) is 7.74. The van der Waals surface area contributed by atoms with Crippen molar-refractivity contribution >= 4 is 29.2 Å². The van der Waals surface area contributed by atoms with Crippen LogP contribution in [-0.2, 0) is 9.59 Å². The molecule has 1 fully saturated rings. The fraction of sp³-hybridized carbons (Fsp3) is 0.364. The largest absolute Gasteiger partial charge is 0.315 e. The Bertz CT molecular complexity index is 990. The summed E-state index contributed by atoms with van der Waals surface area (Å²) in [4.78, 5) is 45.7. The van der Waals surface area contributed by atoms with Gasteiger partial charge < -0.3 is 10.2 Å². The first-order valence-electron chi connectivity index (χ1n) is 9.87. The molecule has 7 heteroatoms. The van der Waals surface area contributed by atoms with Crippen molar-refractivity contribution in [2.75, 3.05) is 16.8 Å². The lowest BCUT2D eigenvalue weighted by Crippen LogP contribution is -2.62. The molecule has 0 unspecified atom stereocenters. The summed E-state index contributed by atoms with van der Waals surface area (Å²) in [5, 5.41) is 2.82. The Morgan fingerprint density at radius 2 is 2.00 bits per heavy atom. The molecule has 0 saturated carbocycles. The van der Waals surface area contributed by atoms with Crippen LogP contribution in [0.3, 0.4) is 0 Å². The molecule has 0 aliphatic carbocycles. The van der Waals surface area contributed by atoms with Crippen LogP contribution in [0.15, 0.2) is 42.6 Å². The van der Waals surface area contributed by atoms with Gasteiger partial charge in [0, 0.05) is 25.6 Å². The van der Waals surface area contributed by atoms with Crippen molar-refractivity contribution in [3.8, 4) is 0 Å². The molecular weight excluding hydrogens is 368 g/mol. The van der Waals surface area contributed by atoms with Gasteiger partial charge in [0.25, 0.3) is 5.91 Å². The van der Waals surface area contributed by atoms with Crippen LogP contribution in [0.25, 0.3) is 0 Å². The van der Waals surface area contributed by atoms with Crippen LogP contribution >= 0.6 is 0 Å². The van der Waals surface area contributed by atoms with E-state index in [9.17, 15) is 14.4 Å². The fourth-order valence-electron chi connectivity index (χ4n) is 4.25. The van der Waals surface area contributed by atoms with E-state index < -0.39 is 5.66 Å². The van der Waals surface area contributed by atoms with E-state index in [1.54, 1.807) is 28.1 Å². The Labute approximate surface area is 169 Å². The molecule has 3 amide bonds. The van der Waals surface area contributed by atoms with Gasteiger partial charge in [0.15, 0.2) is 0 Å². The van der Waals surface area contributed by atoms with E-state index in [-0.39, 0.29) is 24.1 Å². The summed E-state index contributed by atoms with van der Waals surface area (Å²) >= 11 is 0. The quantitative estimate of drug-likeness (QED) is 0.848. The highest BCUT2D eigenvalue weighted by molar-refractivity contribution is 6.10. The zero-order valence-electron chi connectivity index (χ0n) is 16.6. The molecule has 150 valence electrons. The second kappa shape index (κ2) is 7.31. The van der Waals surface area contributed by atoms with Crippen molar-refractivity contribution < 1.29 is 14.4 Å². The Morgan fingerprint density at radius 3 is 2.79 bits per heavy atom. The number of hydrogen-bond donors (Lipinski definition) is 1. The number of rotatable bonds is 5. The zero-order valence-corrected chi connectivity index (χ0v) is 16.6. The number of carbonyl (C=O) groups is 3. The maximum absolute atomic E-state index is 13.2. The standard InChI is InChI=1S/C22H24N4O3/c1-15-7-5-13-23-20(15)24-18(27)10-6-14-25-21(29)16-8-3-4-9-17(16)26-19(28)11-12-22(25,26)2/h3-5,7-9,13H,6,10-12,14H2,1-2H3,(H,23,24,27)/t22-/m0/s1. The SMILES string of the molecule is Cc1cccnc1NC(=O)CCCN1C(=O)c2ccccc2N2C(=O)CC[C@@]12C. The van der Waals surface area contributed by atoms with E-state index >= 15 is 0 Å². The normalized spacial score (nSPS) is 20.5.